The van der Waals surface area contributed by atoms with Crippen LogP contribution in [0.2, 0.25) is 0 Å². The van der Waals surface area contributed by atoms with Crippen LogP contribution >= 0.6 is 0 Å². The Hall–Kier alpha value is -1.65. The summed E-state index contributed by atoms with van der Waals surface area (Å²) in [6.45, 7) is 3.92. The average molecular weight is 195 g/mol. The fourth-order valence-electron chi connectivity index (χ4n) is 1.29. The quantitative estimate of drug-likeness (QED) is 0.702. The van der Waals surface area contributed by atoms with Gasteiger partial charge in [-0.2, -0.15) is 0 Å². The Labute approximate surface area is 81.9 Å². The molecular weight excluding hydrogens is 182 g/mol. The van der Waals surface area contributed by atoms with Crippen molar-refractivity contribution in [3.8, 4) is 0 Å². The first-order valence-corrected chi connectivity index (χ1v) is 4.35. The molecule has 0 radical (unpaired) electrons. The lowest BCUT2D eigenvalue weighted by atomic mass is 10.1. The Balaban J connectivity index is 3.12. The Kier molecular flexibility index (Phi) is 3.01. The van der Waals surface area contributed by atoms with Gasteiger partial charge in [-0.25, -0.2) is 4.98 Å². The average Bonchev–Trinajstić information content (AvgIpc) is 2.46. The molecule has 0 unspecified atom stereocenters. The molecule has 0 bridgehead atoms. The number of aromatic nitrogens is 2. The number of carbonyl (C=O) groups excluding carboxylic acids is 2. The Morgan fingerprint density at radius 3 is 2.79 bits per heavy atom. The van der Waals surface area contributed by atoms with Crippen molar-refractivity contribution in [1.29, 1.82) is 0 Å². The summed E-state index contributed by atoms with van der Waals surface area (Å²) in [6.07, 6.45) is 2.21. The summed E-state index contributed by atoms with van der Waals surface area (Å²) in [6, 6.07) is 0. The number of nitrogens with zero attached hydrogens (tertiary/aromatic N) is 2. The minimum absolute atomic E-state index is 0.00157. The maximum Gasteiger partial charge on any atom is 0.237 e. The van der Waals surface area contributed by atoms with Crippen LogP contribution in [0.1, 0.15) is 36.1 Å². The van der Waals surface area contributed by atoms with Crippen molar-refractivity contribution in [3.05, 3.63) is 17.7 Å². The highest BCUT2D eigenvalue weighted by molar-refractivity contribution is 5.76. The van der Waals surface area contributed by atoms with Crippen LogP contribution in [0, 0.1) is 0 Å². The number of aldehydes is 1. The van der Waals surface area contributed by atoms with E-state index in [1.807, 2.05) is 13.8 Å². The predicted molar refractivity (Wildman–Crippen MR) is 50.9 cm³/mol. The maximum absolute atomic E-state index is 10.8. The van der Waals surface area contributed by atoms with Crippen LogP contribution < -0.4 is 5.73 Å². The largest absolute Gasteiger partial charge is 0.368 e. The molecule has 1 aromatic heterocycles. The van der Waals surface area contributed by atoms with Crippen molar-refractivity contribution in [1.82, 2.24) is 9.55 Å². The SMILES string of the molecule is CC(C)c1cnc(C=O)n1CC(N)=O. The lowest BCUT2D eigenvalue weighted by Gasteiger charge is -2.09. The number of hydrogen-bond donors (Lipinski definition) is 1. The van der Waals surface area contributed by atoms with Crippen LogP contribution in [0.25, 0.3) is 0 Å². The number of hydrogen-bond acceptors (Lipinski definition) is 3. The fraction of sp³-hybridized carbons (Fsp3) is 0.444. The molecule has 0 fully saturated rings. The van der Waals surface area contributed by atoms with Crippen molar-refractivity contribution in [2.24, 2.45) is 5.73 Å². The van der Waals surface area contributed by atoms with E-state index in [1.54, 1.807) is 10.8 Å². The van der Waals surface area contributed by atoms with E-state index >= 15 is 0 Å². The normalized spacial score (nSPS) is 10.5. The van der Waals surface area contributed by atoms with Gasteiger partial charge in [0.2, 0.25) is 5.91 Å². The second-order valence-corrected chi connectivity index (χ2v) is 3.37. The smallest absolute Gasteiger partial charge is 0.237 e. The molecule has 0 aliphatic rings. The zero-order valence-electron chi connectivity index (χ0n) is 8.23. The van der Waals surface area contributed by atoms with E-state index in [4.69, 9.17) is 5.73 Å². The molecule has 0 spiro atoms. The molecule has 0 aliphatic heterocycles. The van der Waals surface area contributed by atoms with Gasteiger partial charge in [0.25, 0.3) is 0 Å². The van der Waals surface area contributed by atoms with Crippen molar-refractivity contribution in [3.63, 3.8) is 0 Å². The van der Waals surface area contributed by atoms with Gasteiger partial charge >= 0.3 is 0 Å². The highest BCUT2D eigenvalue weighted by atomic mass is 16.1. The zero-order valence-corrected chi connectivity index (χ0v) is 8.23. The Morgan fingerprint density at radius 2 is 2.36 bits per heavy atom. The van der Waals surface area contributed by atoms with Crippen molar-refractivity contribution in [2.75, 3.05) is 0 Å². The van der Waals surface area contributed by atoms with Crippen molar-refractivity contribution in [2.45, 2.75) is 26.3 Å². The first kappa shape index (κ1) is 10.4. The molecule has 0 aliphatic carbocycles. The van der Waals surface area contributed by atoms with Gasteiger partial charge in [0.1, 0.15) is 6.54 Å². The third kappa shape index (κ3) is 1.99. The second-order valence-electron chi connectivity index (χ2n) is 3.37. The van der Waals surface area contributed by atoms with E-state index in [-0.39, 0.29) is 18.3 Å². The van der Waals surface area contributed by atoms with Gasteiger partial charge in [0.05, 0.1) is 0 Å². The van der Waals surface area contributed by atoms with E-state index in [1.165, 1.54) is 0 Å². The minimum atomic E-state index is -0.479. The number of nitrogens with two attached hydrogens (primary N) is 1. The molecule has 0 atom stereocenters. The summed E-state index contributed by atoms with van der Waals surface area (Å²) >= 11 is 0. The molecule has 1 heterocycles. The highest BCUT2D eigenvalue weighted by Gasteiger charge is 2.13. The number of carbonyl (C=O) groups is 2. The first-order valence-electron chi connectivity index (χ1n) is 4.35. The Morgan fingerprint density at radius 1 is 1.71 bits per heavy atom. The van der Waals surface area contributed by atoms with Gasteiger partial charge in [0.15, 0.2) is 12.1 Å². The summed E-state index contributed by atoms with van der Waals surface area (Å²) in [5, 5.41) is 0. The molecule has 1 amide bonds. The molecule has 14 heavy (non-hydrogen) atoms. The molecule has 76 valence electrons. The number of primary amides is 1. The molecular formula is C9H13N3O2. The van der Waals surface area contributed by atoms with Crippen LogP contribution in [0.3, 0.4) is 0 Å². The van der Waals surface area contributed by atoms with E-state index in [0.717, 1.165) is 5.69 Å². The third-order valence-electron chi connectivity index (χ3n) is 1.93. The van der Waals surface area contributed by atoms with Crippen LogP contribution in [-0.4, -0.2) is 21.7 Å². The number of imidazole rings is 1. The number of amides is 1. The fourth-order valence-corrected chi connectivity index (χ4v) is 1.29. The topological polar surface area (TPSA) is 78.0 Å². The molecule has 5 nitrogen and oxygen atoms in total. The summed E-state index contributed by atoms with van der Waals surface area (Å²) in [5.74, 6) is -0.0314. The van der Waals surface area contributed by atoms with E-state index in [0.29, 0.717) is 6.29 Å². The van der Waals surface area contributed by atoms with Gasteiger partial charge in [-0.15, -0.1) is 0 Å². The summed E-state index contributed by atoms with van der Waals surface area (Å²) in [5.41, 5.74) is 5.91. The van der Waals surface area contributed by atoms with Crippen LogP contribution in [0.15, 0.2) is 6.20 Å². The molecule has 0 saturated carbocycles. The third-order valence-corrected chi connectivity index (χ3v) is 1.93. The summed E-state index contributed by atoms with van der Waals surface area (Å²) < 4.78 is 1.54. The molecule has 2 N–H and O–H groups in total. The molecule has 0 saturated heterocycles. The molecule has 0 aromatic carbocycles. The van der Waals surface area contributed by atoms with Crippen LogP contribution in [0.4, 0.5) is 0 Å². The monoisotopic (exact) mass is 195 g/mol. The lowest BCUT2D eigenvalue weighted by Crippen LogP contribution is -2.21. The number of rotatable bonds is 4. The standard InChI is InChI=1S/C9H13N3O2/c1-6(2)7-3-11-9(5-13)12(7)4-8(10)14/h3,5-6H,4H2,1-2H3,(H2,10,14). The van der Waals surface area contributed by atoms with Crippen LogP contribution in [0.5, 0.6) is 0 Å². The minimum Gasteiger partial charge on any atom is -0.368 e. The van der Waals surface area contributed by atoms with E-state index in [9.17, 15) is 9.59 Å². The molecule has 1 aromatic rings. The second kappa shape index (κ2) is 4.04. The van der Waals surface area contributed by atoms with Crippen molar-refractivity contribution >= 4 is 12.2 Å². The van der Waals surface area contributed by atoms with Gasteiger partial charge < -0.3 is 10.3 Å². The molecule has 1 rings (SSSR count). The van der Waals surface area contributed by atoms with Crippen molar-refractivity contribution < 1.29 is 9.59 Å². The zero-order chi connectivity index (χ0) is 10.7. The first-order chi connectivity index (χ1) is 6.56. The Bertz CT molecular complexity index is 355. The van der Waals surface area contributed by atoms with Gasteiger partial charge in [0, 0.05) is 11.9 Å². The summed E-state index contributed by atoms with van der Waals surface area (Å²) in [4.78, 5) is 25.3. The van der Waals surface area contributed by atoms with E-state index < -0.39 is 5.91 Å². The van der Waals surface area contributed by atoms with Gasteiger partial charge in [-0.1, -0.05) is 13.8 Å². The van der Waals surface area contributed by atoms with Crippen LogP contribution in [-0.2, 0) is 11.3 Å². The van der Waals surface area contributed by atoms with Gasteiger partial charge in [-0.05, 0) is 5.92 Å². The van der Waals surface area contributed by atoms with E-state index in [2.05, 4.69) is 4.98 Å². The van der Waals surface area contributed by atoms with Gasteiger partial charge in [-0.3, -0.25) is 9.59 Å². The predicted octanol–water partition coefficient (Wildman–Crippen LogP) is 0.304. The highest BCUT2D eigenvalue weighted by Crippen LogP contribution is 2.15. The maximum atomic E-state index is 10.8. The lowest BCUT2D eigenvalue weighted by molar-refractivity contribution is -0.118. The molecule has 5 heteroatoms. The summed E-state index contributed by atoms with van der Waals surface area (Å²) in [7, 11) is 0.